The van der Waals surface area contributed by atoms with Gasteiger partial charge in [0, 0.05) is 13.1 Å². The van der Waals surface area contributed by atoms with Crippen molar-refractivity contribution >= 4 is 5.91 Å². The molecule has 0 aromatic carbocycles. The fraction of sp³-hybridized carbons (Fsp3) is 0.688. The molecule has 1 aliphatic carbocycles. The van der Waals surface area contributed by atoms with Gasteiger partial charge in [-0.1, -0.05) is 12.8 Å². The van der Waals surface area contributed by atoms with E-state index in [9.17, 15) is 4.79 Å². The molecule has 1 fully saturated rings. The van der Waals surface area contributed by atoms with E-state index in [1.165, 1.54) is 0 Å². The fourth-order valence-corrected chi connectivity index (χ4v) is 2.87. The van der Waals surface area contributed by atoms with E-state index in [4.69, 9.17) is 10.2 Å². The quantitative estimate of drug-likeness (QED) is 0.868. The first-order valence-corrected chi connectivity index (χ1v) is 7.69. The van der Waals surface area contributed by atoms with Crippen molar-refractivity contribution in [2.45, 2.75) is 44.7 Å². The molecule has 0 spiro atoms. The maximum atomic E-state index is 12.8. The Morgan fingerprint density at radius 2 is 1.95 bits per heavy atom. The molecule has 0 radical (unpaired) electrons. The average molecular weight is 293 g/mol. The molecule has 1 aromatic heterocycles. The second kappa shape index (κ2) is 6.62. The molecule has 0 unspecified atom stereocenters. The Morgan fingerprint density at radius 1 is 1.29 bits per heavy atom. The predicted molar refractivity (Wildman–Crippen MR) is 82.8 cm³/mol. The highest BCUT2D eigenvalue weighted by molar-refractivity contribution is 5.86. The van der Waals surface area contributed by atoms with Crippen molar-refractivity contribution in [3.63, 3.8) is 0 Å². The molecule has 2 N–H and O–H groups in total. The van der Waals surface area contributed by atoms with Gasteiger partial charge < -0.3 is 20.0 Å². The highest BCUT2D eigenvalue weighted by Gasteiger charge is 2.39. The number of hydrogen-bond donors (Lipinski definition) is 1. The average Bonchev–Trinajstić information content (AvgIpc) is 3.03. The van der Waals surface area contributed by atoms with Crippen LogP contribution in [0.4, 0.5) is 0 Å². The first-order valence-electron chi connectivity index (χ1n) is 7.69. The maximum Gasteiger partial charge on any atom is 0.243 e. The van der Waals surface area contributed by atoms with Crippen molar-refractivity contribution in [3.05, 3.63) is 23.7 Å². The number of carbonyl (C=O) groups is 1. The van der Waals surface area contributed by atoms with E-state index >= 15 is 0 Å². The Morgan fingerprint density at radius 3 is 2.48 bits per heavy atom. The third-order valence-corrected chi connectivity index (χ3v) is 4.17. The standard InChI is InChI=1S/C16H27N3O2/c1-13-6-7-14(21-13)12-19(11-10-18(2)3)15(20)16(17)8-4-5-9-16/h6-7H,4-5,8-12,17H2,1-3H3. The summed E-state index contributed by atoms with van der Waals surface area (Å²) in [6.45, 7) is 3.91. The number of carbonyl (C=O) groups excluding carboxylic acids is 1. The molecule has 1 heterocycles. The van der Waals surface area contributed by atoms with Gasteiger partial charge >= 0.3 is 0 Å². The number of rotatable bonds is 6. The van der Waals surface area contributed by atoms with Gasteiger partial charge in [-0.3, -0.25) is 4.79 Å². The molecular formula is C16H27N3O2. The molecule has 0 saturated heterocycles. The number of aryl methyl sites for hydroxylation is 1. The fourth-order valence-electron chi connectivity index (χ4n) is 2.87. The third kappa shape index (κ3) is 4.08. The van der Waals surface area contributed by atoms with Crippen molar-refractivity contribution in [1.82, 2.24) is 9.80 Å². The second-order valence-corrected chi connectivity index (χ2v) is 6.41. The van der Waals surface area contributed by atoms with Crippen molar-refractivity contribution in [3.8, 4) is 0 Å². The van der Waals surface area contributed by atoms with Gasteiger partial charge in [0.15, 0.2) is 0 Å². The van der Waals surface area contributed by atoms with Crippen LogP contribution < -0.4 is 5.73 Å². The summed E-state index contributed by atoms with van der Waals surface area (Å²) in [6.07, 6.45) is 3.68. The number of nitrogens with zero attached hydrogens (tertiary/aromatic N) is 2. The molecule has 5 heteroatoms. The maximum absolute atomic E-state index is 12.8. The smallest absolute Gasteiger partial charge is 0.243 e. The zero-order valence-corrected chi connectivity index (χ0v) is 13.4. The molecule has 1 aromatic rings. The van der Waals surface area contributed by atoms with Crippen LogP contribution >= 0.6 is 0 Å². The minimum atomic E-state index is -0.673. The summed E-state index contributed by atoms with van der Waals surface area (Å²) in [7, 11) is 4.01. The first kappa shape index (κ1) is 16.0. The lowest BCUT2D eigenvalue weighted by Crippen LogP contribution is -2.54. The normalized spacial score (nSPS) is 17.4. The van der Waals surface area contributed by atoms with Crippen LogP contribution in [0.15, 0.2) is 16.5 Å². The molecule has 5 nitrogen and oxygen atoms in total. The van der Waals surface area contributed by atoms with Crippen molar-refractivity contribution in [2.75, 3.05) is 27.2 Å². The van der Waals surface area contributed by atoms with Gasteiger partial charge in [0.25, 0.3) is 0 Å². The topological polar surface area (TPSA) is 62.7 Å². The van der Waals surface area contributed by atoms with E-state index in [1.807, 2.05) is 38.1 Å². The molecule has 0 atom stereocenters. The minimum absolute atomic E-state index is 0.0657. The highest BCUT2D eigenvalue weighted by atomic mass is 16.3. The molecule has 1 saturated carbocycles. The number of nitrogens with two attached hydrogens (primary N) is 1. The van der Waals surface area contributed by atoms with E-state index < -0.39 is 5.54 Å². The SMILES string of the molecule is Cc1ccc(CN(CCN(C)C)C(=O)C2(N)CCCC2)o1. The van der Waals surface area contributed by atoms with Crippen LogP contribution in [-0.2, 0) is 11.3 Å². The molecule has 0 aliphatic heterocycles. The van der Waals surface area contributed by atoms with Crippen LogP contribution in [0.25, 0.3) is 0 Å². The minimum Gasteiger partial charge on any atom is -0.464 e. The molecule has 1 aliphatic rings. The summed E-state index contributed by atoms with van der Waals surface area (Å²) in [4.78, 5) is 16.8. The third-order valence-electron chi connectivity index (χ3n) is 4.17. The van der Waals surface area contributed by atoms with Crippen LogP contribution in [-0.4, -0.2) is 48.4 Å². The Bertz CT molecular complexity index is 476. The molecule has 0 bridgehead atoms. The molecule has 21 heavy (non-hydrogen) atoms. The summed E-state index contributed by atoms with van der Waals surface area (Å²) in [5.74, 6) is 1.76. The Hall–Kier alpha value is -1.33. The van der Waals surface area contributed by atoms with Crippen molar-refractivity contribution < 1.29 is 9.21 Å². The first-order chi connectivity index (χ1) is 9.90. The largest absolute Gasteiger partial charge is 0.464 e. The summed E-state index contributed by atoms with van der Waals surface area (Å²) in [5, 5.41) is 0. The molecule has 118 valence electrons. The van der Waals surface area contributed by atoms with E-state index in [0.29, 0.717) is 13.1 Å². The predicted octanol–water partition coefficient (Wildman–Crippen LogP) is 1.75. The summed E-state index contributed by atoms with van der Waals surface area (Å²) >= 11 is 0. The lowest BCUT2D eigenvalue weighted by atomic mass is 9.97. The summed E-state index contributed by atoms with van der Waals surface area (Å²) in [5.41, 5.74) is 5.66. The Balaban J connectivity index is 2.08. The number of amides is 1. The van der Waals surface area contributed by atoms with Crippen LogP contribution in [0, 0.1) is 6.92 Å². The van der Waals surface area contributed by atoms with Gasteiger partial charge in [-0.2, -0.15) is 0 Å². The van der Waals surface area contributed by atoms with E-state index in [1.54, 1.807) is 0 Å². The van der Waals surface area contributed by atoms with Crippen molar-refractivity contribution in [1.29, 1.82) is 0 Å². The van der Waals surface area contributed by atoms with Gasteiger partial charge in [0.2, 0.25) is 5.91 Å². The number of furan rings is 1. The second-order valence-electron chi connectivity index (χ2n) is 6.41. The zero-order chi connectivity index (χ0) is 15.5. The van der Waals surface area contributed by atoms with Gasteiger partial charge in [0.1, 0.15) is 11.5 Å². The van der Waals surface area contributed by atoms with Crippen LogP contribution in [0.1, 0.15) is 37.2 Å². The number of hydrogen-bond acceptors (Lipinski definition) is 4. The molecule has 1 amide bonds. The Labute approximate surface area is 127 Å². The molecular weight excluding hydrogens is 266 g/mol. The van der Waals surface area contributed by atoms with E-state index in [2.05, 4.69) is 4.90 Å². The van der Waals surface area contributed by atoms with Crippen molar-refractivity contribution in [2.24, 2.45) is 5.73 Å². The van der Waals surface area contributed by atoms with Gasteiger partial charge in [-0.05, 0) is 46.0 Å². The zero-order valence-electron chi connectivity index (χ0n) is 13.4. The van der Waals surface area contributed by atoms with E-state index in [-0.39, 0.29) is 5.91 Å². The van der Waals surface area contributed by atoms with Gasteiger partial charge in [0.05, 0.1) is 12.1 Å². The lowest BCUT2D eigenvalue weighted by molar-refractivity contribution is -0.137. The van der Waals surface area contributed by atoms with Gasteiger partial charge in [-0.25, -0.2) is 0 Å². The molecule has 2 rings (SSSR count). The van der Waals surface area contributed by atoms with Crippen LogP contribution in [0.3, 0.4) is 0 Å². The van der Waals surface area contributed by atoms with Crippen LogP contribution in [0.5, 0.6) is 0 Å². The van der Waals surface area contributed by atoms with E-state index in [0.717, 1.165) is 43.7 Å². The number of likely N-dealkylation sites (N-methyl/N-ethyl adjacent to an activating group) is 1. The highest BCUT2D eigenvalue weighted by Crippen LogP contribution is 2.29. The van der Waals surface area contributed by atoms with Crippen LogP contribution in [0.2, 0.25) is 0 Å². The summed E-state index contributed by atoms with van der Waals surface area (Å²) < 4.78 is 5.62. The van der Waals surface area contributed by atoms with Gasteiger partial charge in [-0.15, -0.1) is 0 Å². The Kier molecular flexibility index (Phi) is 5.06. The summed E-state index contributed by atoms with van der Waals surface area (Å²) in [6, 6.07) is 3.86. The monoisotopic (exact) mass is 293 g/mol. The lowest BCUT2D eigenvalue weighted by Gasteiger charge is -2.31.